The number of nitrogens with zero attached hydrogens (tertiary/aromatic N) is 1. The molecule has 1 heterocycles. The number of benzene rings is 4. The van der Waals surface area contributed by atoms with Crippen molar-refractivity contribution in [3.05, 3.63) is 102 Å². The summed E-state index contributed by atoms with van der Waals surface area (Å²) in [5.74, 6) is 0.287. The van der Waals surface area contributed by atoms with Gasteiger partial charge in [-0.05, 0) is 133 Å². The fourth-order valence-corrected chi connectivity index (χ4v) is 6.27. The number of aromatic nitrogens is 1. The van der Waals surface area contributed by atoms with Gasteiger partial charge in [0, 0.05) is 24.2 Å². The van der Waals surface area contributed by atoms with E-state index in [-0.39, 0.29) is 53.8 Å². The minimum absolute atomic E-state index is 0.0225. The summed E-state index contributed by atoms with van der Waals surface area (Å²) in [6.45, 7) is 4.64. The van der Waals surface area contributed by atoms with Crippen LogP contribution in [0.5, 0.6) is 34.5 Å². The third kappa shape index (κ3) is 10.3. The number of phenolic OH excluding ortho intramolecular Hbond substituents is 4. The highest BCUT2D eigenvalue weighted by Crippen LogP contribution is 2.37. The number of methoxy groups -OCH3 is 1. The van der Waals surface area contributed by atoms with E-state index < -0.39 is 12.0 Å². The molecule has 5 aromatic rings. The molecule has 0 aliphatic carbocycles. The predicted octanol–water partition coefficient (Wildman–Crippen LogP) is 7.98. The van der Waals surface area contributed by atoms with E-state index in [9.17, 15) is 30.3 Å². The van der Waals surface area contributed by atoms with E-state index in [0.717, 1.165) is 40.4 Å². The number of aliphatic hydroxyl groups is 1. The molecule has 0 saturated carbocycles. The summed E-state index contributed by atoms with van der Waals surface area (Å²) >= 11 is 0. The van der Waals surface area contributed by atoms with Crippen molar-refractivity contribution < 1.29 is 39.8 Å². The molecule has 0 radical (unpaired) electrons. The SMILES string of the molecule is COc1cc(CC[C@@H](O)[C@@H](Cc2ccnc(Nc3ccc4cc(O)ccc4c3)c2)C(=O)CCc2cc(O)c(O)c(OCCCC(C)C)c2)ccc1O. The molecule has 0 fully saturated rings. The van der Waals surface area contributed by atoms with E-state index in [2.05, 4.69) is 24.1 Å². The molecule has 10 nitrogen and oxygen atoms in total. The van der Waals surface area contributed by atoms with Crippen LogP contribution in [-0.4, -0.2) is 56.1 Å². The standard InChI is InChI=1S/C42H48N2O8/c1-26(2)5-4-18-52-40-22-28(20-38(49)42(40)50)8-14-36(47)34(35(46)13-6-27-7-15-37(48)39(21-27)51-3)19-29-16-17-43-41(23-29)44-32-11-9-31-25-33(45)12-10-30(31)24-32/h7,9-12,15-17,20-26,34-35,45-46,48-50H,4-6,8,13-14,18-19H2,1-3H3,(H,43,44)/t34-,35-/m1/s1. The Bertz CT molecular complexity index is 1980. The van der Waals surface area contributed by atoms with Crippen molar-refractivity contribution in [1.29, 1.82) is 0 Å². The minimum atomic E-state index is -0.984. The molecule has 0 amide bonds. The Balaban J connectivity index is 1.32. The monoisotopic (exact) mass is 708 g/mol. The smallest absolute Gasteiger partial charge is 0.200 e. The Hall–Kier alpha value is -5.48. The van der Waals surface area contributed by atoms with Crippen LogP contribution < -0.4 is 14.8 Å². The molecule has 10 heteroatoms. The van der Waals surface area contributed by atoms with Gasteiger partial charge >= 0.3 is 0 Å². The van der Waals surface area contributed by atoms with Crippen LogP contribution in [0.4, 0.5) is 11.5 Å². The molecule has 52 heavy (non-hydrogen) atoms. The number of aromatic hydroxyl groups is 4. The molecule has 0 aliphatic rings. The van der Waals surface area contributed by atoms with E-state index >= 15 is 0 Å². The number of nitrogens with one attached hydrogen (secondary N) is 1. The summed E-state index contributed by atoms with van der Waals surface area (Å²) in [6.07, 6.45) is 3.82. The Labute approximate surface area is 304 Å². The number of carbonyl (C=O) groups is 1. The van der Waals surface area contributed by atoms with Crippen LogP contribution in [0, 0.1) is 11.8 Å². The molecular formula is C42H48N2O8. The van der Waals surface area contributed by atoms with Crippen molar-refractivity contribution in [3.8, 4) is 34.5 Å². The van der Waals surface area contributed by atoms with Crippen molar-refractivity contribution in [3.63, 3.8) is 0 Å². The van der Waals surface area contributed by atoms with Gasteiger partial charge in [0.2, 0.25) is 5.75 Å². The number of aryl methyl sites for hydroxylation is 2. The lowest BCUT2D eigenvalue weighted by Crippen LogP contribution is -2.31. The van der Waals surface area contributed by atoms with Gasteiger partial charge in [-0.1, -0.05) is 32.0 Å². The fraction of sp³-hybridized carbons (Fsp3) is 0.333. The molecule has 274 valence electrons. The van der Waals surface area contributed by atoms with Crippen LogP contribution in [0.2, 0.25) is 0 Å². The number of ether oxygens (including phenoxy) is 2. The van der Waals surface area contributed by atoms with E-state index in [1.165, 1.54) is 13.2 Å². The summed E-state index contributed by atoms with van der Waals surface area (Å²) in [4.78, 5) is 18.4. The highest BCUT2D eigenvalue weighted by Gasteiger charge is 2.27. The molecule has 5 rings (SSSR count). The largest absolute Gasteiger partial charge is 0.508 e. The maximum absolute atomic E-state index is 13.9. The Morgan fingerprint density at radius 2 is 1.56 bits per heavy atom. The Morgan fingerprint density at radius 3 is 2.35 bits per heavy atom. The van der Waals surface area contributed by atoms with Crippen LogP contribution in [0.15, 0.2) is 85.1 Å². The third-order valence-corrected chi connectivity index (χ3v) is 9.19. The summed E-state index contributed by atoms with van der Waals surface area (Å²) < 4.78 is 11.0. The van der Waals surface area contributed by atoms with Crippen LogP contribution in [0.25, 0.3) is 10.8 Å². The molecule has 6 N–H and O–H groups in total. The second-order valence-corrected chi connectivity index (χ2v) is 13.7. The number of hydrogen-bond donors (Lipinski definition) is 6. The van der Waals surface area contributed by atoms with Gasteiger partial charge < -0.3 is 40.3 Å². The van der Waals surface area contributed by atoms with Crippen LogP contribution >= 0.6 is 0 Å². The van der Waals surface area contributed by atoms with E-state index in [1.807, 2.05) is 36.4 Å². The number of ketones is 1. The number of Topliss-reactive ketones (excluding diaryl/α,β-unsaturated/α-hetero) is 1. The first kappa shape index (κ1) is 37.8. The lowest BCUT2D eigenvalue weighted by Gasteiger charge is -2.23. The average Bonchev–Trinajstić information content (AvgIpc) is 3.12. The molecule has 2 atom stereocenters. The van der Waals surface area contributed by atoms with Gasteiger partial charge in [0.25, 0.3) is 0 Å². The number of pyridine rings is 1. The molecule has 4 aromatic carbocycles. The number of aliphatic hydroxyl groups excluding tert-OH is 1. The molecule has 0 aliphatic heterocycles. The highest BCUT2D eigenvalue weighted by atomic mass is 16.5. The molecule has 0 unspecified atom stereocenters. The molecule has 0 spiro atoms. The van der Waals surface area contributed by atoms with Crippen LogP contribution in [0.3, 0.4) is 0 Å². The number of anilines is 2. The first-order chi connectivity index (χ1) is 25.0. The van der Waals surface area contributed by atoms with Gasteiger partial charge in [0.1, 0.15) is 17.4 Å². The zero-order chi connectivity index (χ0) is 37.2. The number of phenols is 4. The van der Waals surface area contributed by atoms with Gasteiger partial charge in [-0.25, -0.2) is 4.98 Å². The van der Waals surface area contributed by atoms with Crippen molar-refractivity contribution >= 4 is 28.1 Å². The average molecular weight is 709 g/mol. The predicted molar refractivity (Wildman–Crippen MR) is 202 cm³/mol. The van der Waals surface area contributed by atoms with Gasteiger partial charge in [-0.3, -0.25) is 4.79 Å². The lowest BCUT2D eigenvalue weighted by atomic mass is 9.85. The molecule has 0 saturated heterocycles. The third-order valence-electron chi connectivity index (χ3n) is 9.19. The maximum Gasteiger partial charge on any atom is 0.200 e. The summed E-state index contributed by atoms with van der Waals surface area (Å²) in [6, 6.07) is 22.7. The second kappa shape index (κ2) is 17.6. The quantitative estimate of drug-likeness (QED) is 0.0389. The topological polar surface area (TPSA) is 162 Å². The van der Waals surface area contributed by atoms with Gasteiger partial charge in [0.05, 0.1) is 19.8 Å². The lowest BCUT2D eigenvalue weighted by molar-refractivity contribution is -0.126. The molecular weight excluding hydrogens is 660 g/mol. The van der Waals surface area contributed by atoms with Crippen LogP contribution in [0.1, 0.15) is 56.2 Å². The number of fused-ring (bicyclic) bond motifs is 1. The van der Waals surface area contributed by atoms with Gasteiger partial charge in [-0.15, -0.1) is 0 Å². The molecule has 1 aromatic heterocycles. The second-order valence-electron chi connectivity index (χ2n) is 13.7. The fourth-order valence-electron chi connectivity index (χ4n) is 6.27. The van der Waals surface area contributed by atoms with Crippen molar-refractivity contribution in [2.75, 3.05) is 19.0 Å². The van der Waals surface area contributed by atoms with Crippen molar-refractivity contribution in [2.24, 2.45) is 11.8 Å². The summed E-state index contributed by atoms with van der Waals surface area (Å²) in [7, 11) is 1.47. The van der Waals surface area contributed by atoms with Crippen LogP contribution in [-0.2, 0) is 24.1 Å². The normalized spacial score (nSPS) is 12.5. The minimum Gasteiger partial charge on any atom is -0.508 e. The number of rotatable bonds is 18. The maximum atomic E-state index is 13.9. The molecule has 0 bridgehead atoms. The first-order valence-corrected chi connectivity index (χ1v) is 17.7. The van der Waals surface area contributed by atoms with Gasteiger partial charge in [0.15, 0.2) is 23.0 Å². The Kier molecular flexibility index (Phi) is 12.8. The van der Waals surface area contributed by atoms with E-state index in [1.54, 1.807) is 42.6 Å². The zero-order valence-electron chi connectivity index (χ0n) is 29.9. The first-order valence-electron chi connectivity index (χ1n) is 17.7. The zero-order valence-corrected chi connectivity index (χ0v) is 29.9. The van der Waals surface area contributed by atoms with E-state index in [0.29, 0.717) is 42.5 Å². The van der Waals surface area contributed by atoms with Crippen molar-refractivity contribution in [1.82, 2.24) is 4.98 Å². The summed E-state index contributed by atoms with van der Waals surface area (Å²) in [5, 5.41) is 57.3. The highest BCUT2D eigenvalue weighted by molar-refractivity contribution is 5.87. The summed E-state index contributed by atoms with van der Waals surface area (Å²) in [5.41, 5.74) is 3.10. The number of hydrogen-bond acceptors (Lipinski definition) is 10. The van der Waals surface area contributed by atoms with Gasteiger partial charge in [-0.2, -0.15) is 0 Å². The Morgan fingerprint density at radius 1 is 0.788 bits per heavy atom. The van der Waals surface area contributed by atoms with E-state index in [4.69, 9.17) is 9.47 Å². The number of carbonyl (C=O) groups excluding carboxylic acids is 1. The van der Waals surface area contributed by atoms with Crippen molar-refractivity contribution in [2.45, 2.75) is 64.9 Å².